The van der Waals surface area contributed by atoms with Crippen molar-refractivity contribution in [2.75, 3.05) is 11.9 Å². The molecule has 1 aromatic carbocycles. The molecule has 1 amide bonds. The van der Waals surface area contributed by atoms with Gasteiger partial charge in [0.1, 0.15) is 12.4 Å². The van der Waals surface area contributed by atoms with Crippen LogP contribution in [0.1, 0.15) is 34.7 Å². The molecule has 0 aliphatic carbocycles. The molecule has 3 aromatic heterocycles. The van der Waals surface area contributed by atoms with Gasteiger partial charge >= 0.3 is 0 Å². The molecule has 2 atom stereocenters. The summed E-state index contributed by atoms with van der Waals surface area (Å²) in [6, 6.07) is 22.9. The first kappa shape index (κ1) is 22.7. The minimum atomic E-state index is -0.220. The smallest absolute Gasteiger partial charge is 0.244 e. The molecule has 1 aliphatic heterocycles. The summed E-state index contributed by atoms with van der Waals surface area (Å²) >= 11 is 5.74. The highest BCUT2D eigenvalue weighted by Crippen LogP contribution is 2.41. The van der Waals surface area contributed by atoms with Gasteiger partial charge in [-0.3, -0.25) is 9.78 Å². The Morgan fingerprint density at radius 2 is 1.71 bits per heavy atom. The zero-order chi connectivity index (χ0) is 24.4. The second kappa shape index (κ2) is 9.68. The molecule has 4 aromatic rings. The number of aromatic nitrogens is 3. The SMILES string of the molecule is Cc1cc([C@@H]2[C@H](c3ccccn3)NC(=S)N2CC(=O)Nc2ccccc2)c(C)n1-c1ccccn1. The summed E-state index contributed by atoms with van der Waals surface area (Å²) in [6.45, 7) is 4.26. The van der Waals surface area contributed by atoms with Crippen LogP contribution in [0.4, 0.5) is 5.69 Å². The fourth-order valence-corrected chi connectivity index (χ4v) is 5.02. The number of amides is 1. The Kier molecular flexibility index (Phi) is 6.29. The van der Waals surface area contributed by atoms with E-state index in [4.69, 9.17) is 12.2 Å². The highest BCUT2D eigenvalue weighted by atomic mass is 32.1. The number of aryl methyl sites for hydroxylation is 1. The molecule has 4 heterocycles. The van der Waals surface area contributed by atoms with Crippen molar-refractivity contribution in [2.24, 2.45) is 0 Å². The molecule has 1 saturated heterocycles. The van der Waals surface area contributed by atoms with E-state index in [1.807, 2.05) is 71.6 Å². The molecule has 1 fully saturated rings. The molecular weight excluding hydrogens is 456 g/mol. The number of carbonyl (C=O) groups excluding carboxylic acids is 1. The van der Waals surface area contributed by atoms with Crippen LogP contribution in [0.5, 0.6) is 0 Å². The van der Waals surface area contributed by atoms with Gasteiger partial charge in [0.05, 0.1) is 17.8 Å². The van der Waals surface area contributed by atoms with Crippen LogP contribution in [-0.2, 0) is 4.79 Å². The molecule has 1 aliphatic rings. The standard InChI is InChI=1S/C27H26N6OS/c1-18-16-21(19(2)33(18)23-13-7-9-15-29-23)26-25(22-12-6-8-14-28-22)31-27(35)32(26)17-24(34)30-20-10-4-3-5-11-20/h3-16,25-26H,17H2,1-2H3,(H,30,34)(H,31,35)/t25-,26+/m0/s1. The van der Waals surface area contributed by atoms with E-state index in [1.165, 1.54) is 0 Å². The van der Waals surface area contributed by atoms with Crippen LogP contribution in [-0.4, -0.2) is 37.0 Å². The Morgan fingerprint density at radius 3 is 2.40 bits per heavy atom. The lowest BCUT2D eigenvalue weighted by atomic mass is 9.96. The van der Waals surface area contributed by atoms with Crippen molar-refractivity contribution in [1.82, 2.24) is 24.8 Å². The van der Waals surface area contributed by atoms with E-state index >= 15 is 0 Å². The monoisotopic (exact) mass is 482 g/mol. The fourth-order valence-electron chi connectivity index (χ4n) is 4.72. The number of thiocarbonyl (C=S) groups is 1. The number of hydrogen-bond acceptors (Lipinski definition) is 4. The zero-order valence-electron chi connectivity index (χ0n) is 19.6. The fraction of sp³-hybridized carbons (Fsp3) is 0.185. The third-order valence-corrected chi connectivity index (χ3v) is 6.59. The quantitative estimate of drug-likeness (QED) is 0.394. The molecule has 0 unspecified atom stereocenters. The van der Waals surface area contributed by atoms with E-state index < -0.39 is 0 Å². The second-order valence-electron chi connectivity index (χ2n) is 8.52. The van der Waals surface area contributed by atoms with Gasteiger partial charge in [0.15, 0.2) is 5.11 Å². The van der Waals surface area contributed by atoms with E-state index in [9.17, 15) is 4.79 Å². The molecule has 176 valence electrons. The summed E-state index contributed by atoms with van der Waals surface area (Å²) in [6.07, 6.45) is 3.57. The van der Waals surface area contributed by atoms with Crippen LogP contribution in [0.25, 0.3) is 5.82 Å². The van der Waals surface area contributed by atoms with E-state index in [2.05, 4.69) is 45.1 Å². The largest absolute Gasteiger partial charge is 0.352 e. The maximum absolute atomic E-state index is 13.0. The lowest BCUT2D eigenvalue weighted by molar-refractivity contribution is -0.116. The first-order chi connectivity index (χ1) is 17.0. The Morgan fingerprint density at radius 1 is 1.00 bits per heavy atom. The Bertz CT molecular complexity index is 1340. The number of rotatable bonds is 6. The van der Waals surface area contributed by atoms with Gasteiger partial charge in [-0.25, -0.2) is 4.98 Å². The molecule has 0 saturated carbocycles. The molecule has 35 heavy (non-hydrogen) atoms. The summed E-state index contributed by atoms with van der Waals surface area (Å²) in [4.78, 5) is 24.1. The van der Waals surface area contributed by atoms with Crippen molar-refractivity contribution in [1.29, 1.82) is 0 Å². The highest BCUT2D eigenvalue weighted by Gasteiger charge is 2.42. The normalized spacial score (nSPS) is 17.3. The third kappa shape index (κ3) is 4.52. The predicted molar refractivity (Wildman–Crippen MR) is 140 cm³/mol. The van der Waals surface area contributed by atoms with Gasteiger partial charge in [-0.15, -0.1) is 0 Å². The lowest BCUT2D eigenvalue weighted by Gasteiger charge is -2.27. The topological polar surface area (TPSA) is 75.1 Å². The summed E-state index contributed by atoms with van der Waals surface area (Å²) < 4.78 is 2.13. The van der Waals surface area contributed by atoms with Gasteiger partial charge in [-0.05, 0) is 74.1 Å². The van der Waals surface area contributed by atoms with Gasteiger partial charge in [0.2, 0.25) is 5.91 Å². The van der Waals surface area contributed by atoms with Crippen LogP contribution in [0.3, 0.4) is 0 Å². The molecular formula is C27H26N6OS. The summed E-state index contributed by atoms with van der Waals surface area (Å²) in [5, 5.41) is 6.92. The number of nitrogens with zero attached hydrogens (tertiary/aromatic N) is 4. The molecule has 8 heteroatoms. The van der Waals surface area contributed by atoms with Crippen molar-refractivity contribution in [2.45, 2.75) is 25.9 Å². The van der Waals surface area contributed by atoms with Crippen molar-refractivity contribution >= 4 is 28.9 Å². The van der Waals surface area contributed by atoms with Crippen LogP contribution in [0.15, 0.2) is 85.2 Å². The third-order valence-electron chi connectivity index (χ3n) is 6.24. The summed E-state index contributed by atoms with van der Waals surface area (Å²) in [7, 11) is 0. The number of benzene rings is 1. The molecule has 7 nitrogen and oxygen atoms in total. The van der Waals surface area contributed by atoms with Gasteiger partial charge in [0.25, 0.3) is 0 Å². The van der Waals surface area contributed by atoms with Crippen LogP contribution in [0.2, 0.25) is 0 Å². The minimum absolute atomic E-state index is 0.113. The van der Waals surface area contributed by atoms with Gasteiger partial charge in [-0.1, -0.05) is 30.3 Å². The second-order valence-corrected chi connectivity index (χ2v) is 8.91. The number of para-hydroxylation sites is 1. The lowest BCUT2D eigenvalue weighted by Crippen LogP contribution is -2.37. The first-order valence-corrected chi connectivity index (χ1v) is 11.9. The Hall–Kier alpha value is -4.04. The maximum atomic E-state index is 13.0. The van der Waals surface area contributed by atoms with Gasteiger partial charge < -0.3 is 20.1 Å². The van der Waals surface area contributed by atoms with E-state index in [0.717, 1.165) is 34.2 Å². The van der Waals surface area contributed by atoms with Gasteiger partial charge in [0, 0.05) is 29.5 Å². The number of hydrogen-bond donors (Lipinski definition) is 2. The van der Waals surface area contributed by atoms with Crippen molar-refractivity contribution in [3.63, 3.8) is 0 Å². The van der Waals surface area contributed by atoms with Crippen molar-refractivity contribution in [3.05, 3.63) is 108 Å². The predicted octanol–water partition coefficient (Wildman–Crippen LogP) is 4.50. The minimum Gasteiger partial charge on any atom is -0.352 e. The Balaban J connectivity index is 1.53. The van der Waals surface area contributed by atoms with Gasteiger partial charge in [-0.2, -0.15) is 0 Å². The molecule has 0 bridgehead atoms. The van der Waals surface area contributed by atoms with Crippen molar-refractivity contribution in [3.8, 4) is 5.82 Å². The van der Waals surface area contributed by atoms with Crippen LogP contribution >= 0.6 is 12.2 Å². The first-order valence-electron chi connectivity index (χ1n) is 11.5. The van der Waals surface area contributed by atoms with Crippen LogP contribution < -0.4 is 10.6 Å². The summed E-state index contributed by atoms with van der Waals surface area (Å²) in [5.41, 5.74) is 4.80. The Labute approximate surface area is 209 Å². The van der Waals surface area contributed by atoms with E-state index in [0.29, 0.717) is 5.11 Å². The van der Waals surface area contributed by atoms with E-state index in [1.54, 1.807) is 12.4 Å². The molecule has 0 spiro atoms. The molecule has 5 rings (SSSR count). The maximum Gasteiger partial charge on any atom is 0.244 e. The summed E-state index contributed by atoms with van der Waals surface area (Å²) in [5.74, 6) is 0.718. The van der Waals surface area contributed by atoms with Crippen molar-refractivity contribution < 1.29 is 4.79 Å². The zero-order valence-corrected chi connectivity index (χ0v) is 20.4. The average molecular weight is 483 g/mol. The van der Waals surface area contributed by atoms with E-state index in [-0.39, 0.29) is 24.5 Å². The number of carbonyl (C=O) groups is 1. The number of pyridine rings is 2. The molecule has 0 radical (unpaired) electrons. The molecule has 2 N–H and O–H groups in total. The number of nitrogens with one attached hydrogen (secondary N) is 2. The van der Waals surface area contributed by atoms with Crippen LogP contribution in [0, 0.1) is 13.8 Å². The number of anilines is 1. The average Bonchev–Trinajstić information content (AvgIpc) is 3.35. The highest BCUT2D eigenvalue weighted by molar-refractivity contribution is 7.80.